The molecule has 1 fully saturated rings. The molecule has 0 spiro atoms. The largest absolute Gasteiger partial charge is 0.467 e. The van der Waals surface area contributed by atoms with Crippen molar-refractivity contribution in [3.8, 4) is 0 Å². The van der Waals surface area contributed by atoms with Crippen molar-refractivity contribution >= 4 is 5.95 Å². The molecule has 24 heavy (non-hydrogen) atoms. The molecule has 1 N–H and O–H groups in total. The van der Waals surface area contributed by atoms with Crippen LogP contribution in [0.5, 0.6) is 0 Å². The van der Waals surface area contributed by atoms with E-state index in [0.717, 1.165) is 19.4 Å². The lowest BCUT2D eigenvalue weighted by Crippen LogP contribution is -2.35. The molecular formula is C17H26N4O3. The summed E-state index contributed by atoms with van der Waals surface area (Å²) < 4.78 is 10.7. The molecular weight excluding hydrogens is 308 g/mol. The molecule has 0 amide bonds. The van der Waals surface area contributed by atoms with Gasteiger partial charge >= 0.3 is 0 Å². The van der Waals surface area contributed by atoms with E-state index in [9.17, 15) is 5.11 Å². The van der Waals surface area contributed by atoms with Gasteiger partial charge in [-0.15, -0.1) is 0 Å². The Morgan fingerprint density at radius 1 is 1.38 bits per heavy atom. The smallest absolute Gasteiger partial charge is 0.265 e. The van der Waals surface area contributed by atoms with Gasteiger partial charge in [0.05, 0.1) is 12.8 Å². The van der Waals surface area contributed by atoms with Crippen LogP contribution in [0.4, 0.5) is 5.95 Å². The lowest BCUT2D eigenvalue weighted by Gasteiger charge is -2.29. The molecule has 7 nitrogen and oxygen atoms in total. The molecule has 132 valence electrons. The van der Waals surface area contributed by atoms with Gasteiger partial charge in [-0.1, -0.05) is 12.8 Å². The zero-order valence-electron chi connectivity index (χ0n) is 14.4. The molecule has 2 aromatic rings. The zero-order valence-corrected chi connectivity index (χ0v) is 14.4. The van der Waals surface area contributed by atoms with Crippen LogP contribution < -0.4 is 4.90 Å². The van der Waals surface area contributed by atoms with Crippen LogP contribution in [0.25, 0.3) is 0 Å². The highest BCUT2D eigenvalue weighted by molar-refractivity contribution is 5.23. The van der Waals surface area contributed by atoms with Gasteiger partial charge in [-0.05, 0) is 43.1 Å². The van der Waals surface area contributed by atoms with Gasteiger partial charge in [0.1, 0.15) is 11.9 Å². The number of hydrogen-bond donors (Lipinski definition) is 1. The van der Waals surface area contributed by atoms with Crippen LogP contribution in [0.3, 0.4) is 0 Å². The van der Waals surface area contributed by atoms with E-state index >= 15 is 0 Å². The fourth-order valence-electron chi connectivity index (χ4n) is 3.23. The number of aliphatic hydroxyl groups excluding tert-OH is 1. The molecule has 1 saturated heterocycles. The Bertz CT molecular complexity index is 611. The standard InChI is InChI=1S/C17H26N4O3/c1-20(2)17-18-16(24-19-17)12-21-9-5-3-4-7-13(21)11-14(22)15-8-6-10-23-15/h6,8,10,13-14,22H,3-5,7,9,11-12H2,1-2H3/t13-,14+/m0/s1. The minimum atomic E-state index is -0.578. The summed E-state index contributed by atoms with van der Waals surface area (Å²) in [6.07, 6.45) is 6.29. The Hall–Kier alpha value is -1.86. The zero-order chi connectivity index (χ0) is 16.9. The van der Waals surface area contributed by atoms with E-state index in [1.165, 1.54) is 12.8 Å². The third kappa shape index (κ3) is 4.15. The van der Waals surface area contributed by atoms with E-state index in [1.54, 1.807) is 6.26 Å². The minimum Gasteiger partial charge on any atom is -0.467 e. The third-order valence-electron chi connectivity index (χ3n) is 4.56. The van der Waals surface area contributed by atoms with E-state index in [-0.39, 0.29) is 6.04 Å². The van der Waals surface area contributed by atoms with Crippen molar-refractivity contribution < 1.29 is 14.0 Å². The summed E-state index contributed by atoms with van der Waals surface area (Å²) in [7, 11) is 3.78. The van der Waals surface area contributed by atoms with Gasteiger partial charge in [0.25, 0.3) is 5.95 Å². The number of hydrogen-bond acceptors (Lipinski definition) is 7. The normalized spacial score (nSPS) is 20.7. The Morgan fingerprint density at radius 3 is 2.96 bits per heavy atom. The number of likely N-dealkylation sites (tertiary alicyclic amines) is 1. The predicted octanol–water partition coefficient (Wildman–Crippen LogP) is 2.60. The van der Waals surface area contributed by atoms with Crippen LogP contribution in [-0.2, 0) is 6.54 Å². The van der Waals surface area contributed by atoms with Crippen molar-refractivity contribution in [1.29, 1.82) is 0 Å². The van der Waals surface area contributed by atoms with Crippen molar-refractivity contribution in [2.45, 2.75) is 50.8 Å². The van der Waals surface area contributed by atoms with Gasteiger partial charge in [-0.2, -0.15) is 4.98 Å². The summed E-state index contributed by atoms with van der Waals surface area (Å²) >= 11 is 0. The maximum absolute atomic E-state index is 10.4. The number of aliphatic hydroxyl groups is 1. The second-order valence-electron chi connectivity index (χ2n) is 6.62. The maximum atomic E-state index is 10.4. The van der Waals surface area contributed by atoms with Crippen LogP contribution in [0, 0.1) is 0 Å². The fraction of sp³-hybridized carbons (Fsp3) is 0.647. The summed E-state index contributed by atoms with van der Waals surface area (Å²) in [4.78, 5) is 8.60. The van der Waals surface area contributed by atoms with Gasteiger partial charge in [0.15, 0.2) is 0 Å². The first-order chi connectivity index (χ1) is 11.6. The fourth-order valence-corrected chi connectivity index (χ4v) is 3.23. The Labute approximate surface area is 142 Å². The SMILES string of the molecule is CN(C)c1noc(CN2CCCCC[C@H]2C[C@@H](O)c2ccco2)n1. The topological polar surface area (TPSA) is 78.8 Å². The third-order valence-corrected chi connectivity index (χ3v) is 4.56. The first-order valence-corrected chi connectivity index (χ1v) is 8.59. The molecule has 0 aliphatic carbocycles. The monoisotopic (exact) mass is 334 g/mol. The van der Waals surface area contributed by atoms with Crippen LogP contribution in [0.15, 0.2) is 27.3 Å². The van der Waals surface area contributed by atoms with Crippen LogP contribution in [0.1, 0.15) is 49.9 Å². The molecule has 1 aliphatic heterocycles. The Morgan fingerprint density at radius 2 is 2.25 bits per heavy atom. The minimum absolute atomic E-state index is 0.280. The van der Waals surface area contributed by atoms with E-state index in [4.69, 9.17) is 8.94 Å². The summed E-state index contributed by atoms with van der Waals surface area (Å²) in [5, 5.41) is 14.4. The quantitative estimate of drug-likeness (QED) is 0.870. The Balaban J connectivity index is 1.67. The summed E-state index contributed by atoms with van der Waals surface area (Å²) in [5.74, 6) is 1.84. The van der Waals surface area contributed by atoms with E-state index in [2.05, 4.69) is 15.0 Å². The van der Waals surface area contributed by atoms with Crippen molar-refractivity contribution in [3.05, 3.63) is 30.0 Å². The molecule has 0 bridgehead atoms. The second kappa shape index (κ2) is 7.81. The molecule has 0 saturated carbocycles. The molecule has 3 heterocycles. The molecule has 1 aliphatic rings. The number of rotatable bonds is 6. The van der Waals surface area contributed by atoms with Gasteiger partial charge in [-0.25, -0.2) is 0 Å². The van der Waals surface area contributed by atoms with Crippen molar-refractivity contribution in [1.82, 2.24) is 15.0 Å². The van der Waals surface area contributed by atoms with Crippen LogP contribution in [0.2, 0.25) is 0 Å². The second-order valence-corrected chi connectivity index (χ2v) is 6.62. The van der Waals surface area contributed by atoms with Crippen LogP contribution in [-0.4, -0.2) is 46.8 Å². The highest BCUT2D eigenvalue weighted by Crippen LogP contribution is 2.27. The lowest BCUT2D eigenvalue weighted by atomic mass is 10.0. The number of furan rings is 1. The predicted molar refractivity (Wildman–Crippen MR) is 89.6 cm³/mol. The molecule has 2 atom stereocenters. The highest BCUT2D eigenvalue weighted by Gasteiger charge is 2.26. The van der Waals surface area contributed by atoms with Gasteiger partial charge in [0.2, 0.25) is 5.89 Å². The maximum Gasteiger partial charge on any atom is 0.265 e. The number of anilines is 1. The van der Waals surface area contributed by atoms with Gasteiger partial charge in [-0.3, -0.25) is 4.90 Å². The number of nitrogens with zero attached hydrogens (tertiary/aromatic N) is 4. The summed E-state index contributed by atoms with van der Waals surface area (Å²) in [6.45, 7) is 1.60. The van der Waals surface area contributed by atoms with E-state index < -0.39 is 6.10 Å². The molecule has 3 rings (SSSR count). The lowest BCUT2D eigenvalue weighted by molar-refractivity contribution is 0.0779. The highest BCUT2D eigenvalue weighted by atomic mass is 16.5. The van der Waals surface area contributed by atoms with Crippen LogP contribution >= 0.6 is 0 Å². The Kier molecular flexibility index (Phi) is 5.52. The molecule has 0 aromatic carbocycles. The van der Waals surface area contributed by atoms with Crippen molar-refractivity contribution in [3.63, 3.8) is 0 Å². The van der Waals surface area contributed by atoms with Gasteiger partial charge in [0, 0.05) is 20.1 Å². The van der Waals surface area contributed by atoms with Crippen molar-refractivity contribution in [2.75, 3.05) is 25.5 Å². The van der Waals surface area contributed by atoms with E-state index in [0.29, 0.717) is 30.6 Å². The summed E-state index contributed by atoms with van der Waals surface area (Å²) in [6, 6.07) is 3.92. The average Bonchev–Trinajstić information content (AvgIpc) is 3.20. The van der Waals surface area contributed by atoms with E-state index in [1.807, 2.05) is 31.1 Å². The summed E-state index contributed by atoms with van der Waals surface area (Å²) in [5.41, 5.74) is 0. The molecule has 2 aromatic heterocycles. The van der Waals surface area contributed by atoms with Crippen molar-refractivity contribution in [2.24, 2.45) is 0 Å². The van der Waals surface area contributed by atoms with Gasteiger partial charge < -0.3 is 18.9 Å². The molecule has 0 unspecified atom stereocenters. The number of aromatic nitrogens is 2. The molecule has 7 heteroatoms. The first-order valence-electron chi connectivity index (χ1n) is 8.59. The first kappa shape index (κ1) is 17.0. The average molecular weight is 334 g/mol. The molecule has 0 radical (unpaired) electrons.